The molecule has 1 rings (SSSR count). The monoisotopic (exact) mass is 266 g/mol. The Labute approximate surface area is 109 Å². The summed E-state index contributed by atoms with van der Waals surface area (Å²) in [6, 6.07) is 0.234. The average molecular weight is 267 g/mol. The minimum Gasteiger partial charge on any atom is -0.352 e. The number of hydrogen-bond donors (Lipinski definition) is 2. The second kappa shape index (κ2) is 9.14. The molecular formula is C11H23ClN2OS. The lowest BCUT2D eigenvalue weighted by Gasteiger charge is -2.15. The number of halogens is 1. The van der Waals surface area contributed by atoms with E-state index in [9.17, 15) is 4.79 Å². The van der Waals surface area contributed by atoms with Gasteiger partial charge in [-0.05, 0) is 43.6 Å². The zero-order valence-electron chi connectivity index (χ0n) is 9.91. The first-order chi connectivity index (χ1) is 7.27. The third-order valence-electron chi connectivity index (χ3n) is 2.79. The molecule has 0 aromatic heterocycles. The second-order valence-electron chi connectivity index (χ2n) is 4.20. The number of carbonyl (C=O) groups is 1. The first-order valence-corrected chi connectivity index (χ1v) is 7.15. The number of nitrogens with two attached hydrogens (primary N) is 1. The Morgan fingerprint density at radius 2 is 2.19 bits per heavy atom. The van der Waals surface area contributed by atoms with Gasteiger partial charge in [0.15, 0.2) is 0 Å². The second-order valence-corrected chi connectivity index (χ2v) is 5.18. The maximum atomic E-state index is 11.5. The van der Waals surface area contributed by atoms with Gasteiger partial charge < -0.3 is 11.1 Å². The molecule has 1 fully saturated rings. The van der Waals surface area contributed by atoms with Gasteiger partial charge in [-0.2, -0.15) is 11.8 Å². The van der Waals surface area contributed by atoms with E-state index >= 15 is 0 Å². The van der Waals surface area contributed by atoms with Crippen LogP contribution in [0.15, 0.2) is 0 Å². The first-order valence-electron chi connectivity index (χ1n) is 5.76. The highest BCUT2D eigenvalue weighted by molar-refractivity contribution is 7.98. The average Bonchev–Trinajstić information content (AvgIpc) is 3.05. The molecule has 0 saturated heterocycles. The van der Waals surface area contributed by atoms with Crippen LogP contribution in [0.25, 0.3) is 0 Å². The zero-order chi connectivity index (χ0) is 11.1. The summed E-state index contributed by atoms with van der Waals surface area (Å²) < 4.78 is 0. The van der Waals surface area contributed by atoms with Crippen LogP contribution in [0.2, 0.25) is 0 Å². The third-order valence-corrected chi connectivity index (χ3v) is 3.49. The summed E-state index contributed by atoms with van der Waals surface area (Å²) in [5.41, 5.74) is 5.62. The molecule has 1 amide bonds. The van der Waals surface area contributed by atoms with Crippen molar-refractivity contribution in [3.8, 4) is 0 Å². The topological polar surface area (TPSA) is 55.1 Å². The Morgan fingerprint density at radius 3 is 2.69 bits per heavy atom. The molecule has 5 heteroatoms. The van der Waals surface area contributed by atoms with Crippen molar-refractivity contribution in [3.63, 3.8) is 0 Å². The molecule has 1 unspecified atom stereocenters. The molecule has 96 valence electrons. The molecule has 3 N–H and O–H groups in total. The largest absolute Gasteiger partial charge is 0.352 e. The normalized spacial score (nSPS) is 16.4. The van der Waals surface area contributed by atoms with Crippen LogP contribution in [-0.2, 0) is 4.79 Å². The Morgan fingerprint density at radius 1 is 1.50 bits per heavy atom. The van der Waals surface area contributed by atoms with Crippen LogP contribution in [0.1, 0.15) is 32.1 Å². The molecule has 0 radical (unpaired) electrons. The molecule has 3 nitrogen and oxygen atoms in total. The fraction of sp³-hybridized carbons (Fsp3) is 0.909. The van der Waals surface area contributed by atoms with E-state index < -0.39 is 0 Å². The van der Waals surface area contributed by atoms with Crippen LogP contribution in [0.4, 0.5) is 0 Å². The lowest BCUT2D eigenvalue weighted by molar-refractivity contribution is -0.122. The van der Waals surface area contributed by atoms with Crippen molar-refractivity contribution in [1.82, 2.24) is 5.32 Å². The van der Waals surface area contributed by atoms with Crippen molar-refractivity contribution >= 4 is 30.1 Å². The van der Waals surface area contributed by atoms with E-state index in [2.05, 4.69) is 11.6 Å². The van der Waals surface area contributed by atoms with E-state index in [1.807, 2.05) is 11.8 Å². The van der Waals surface area contributed by atoms with Crippen LogP contribution in [0, 0.1) is 5.92 Å². The van der Waals surface area contributed by atoms with Crippen LogP contribution >= 0.6 is 24.2 Å². The standard InChI is InChI=1S/C11H22N2OS.ClH/c1-15-7-3-2-4-11(14)13-10(8-12)9-5-6-9;/h9-10H,2-8,12H2,1H3,(H,13,14);1H. The summed E-state index contributed by atoms with van der Waals surface area (Å²) in [4.78, 5) is 11.5. The van der Waals surface area contributed by atoms with Crippen molar-refractivity contribution < 1.29 is 4.79 Å². The number of amides is 1. The van der Waals surface area contributed by atoms with E-state index in [0.717, 1.165) is 18.6 Å². The molecule has 16 heavy (non-hydrogen) atoms. The first kappa shape index (κ1) is 16.1. The molecule has 0 aromatic rings. The van der Waals surface area contributed by atoms with Gasteiger partial charge in [0.2, 0.25) is 5.91 Å². The Bertz CT molecular complexity index is 200. The minimum absolute atomic E-state index is 0. The van der Waals surface area contributed by atoms with E-state index in [0.29, 0.717) is 18.9 Å². The lowest BCUT2D eigenvalue weighted by atomic mass is 10.1. The smallest absolute Gasteiger partial charge is 0.220 e. The van der Waals surface area contributed by atoms with Crippen LogP contribution < -0.4 is 11.1 Å². The predicted molar refractivity (Wildman–Crippen MR) is 73.2 cm³/mol. The van der Waals surface area contributed by atoms with Gasteiger partial charge in [0.05, 0.1) is 0 Å². The van der Waals surface area contributed by atoms with Gasteiger partial charge >= 0.3 is 0 Å². The summed E-state index contributed by atoms with van der Waals surface area (Å²) in [5.74, 6) is 1.99. The van der Waals surface area contributed by atoms with Gasteiger partial charge in [-0.15, -0.1) is 12.4 Å². The molecule has 0 aromatic carbocycles. The van der Waals surface area contributed by atoms with Gasteiger partial charge in [0.25, 0.3) is 0 Å². The highest BCUT2D eigenvalue weighted by Gasteiger charge is 2.30. The molecule has 1 aliphatic carbocycles. The highest BCUT2D eigenvalue weighted by atomic mass is 35.5. The van der Waals surface area contributed by atoms with Gasteiger partial charge in [0, 0.05) is 19.0 Å². The maximum absolute atomic E-state index is 11.5. The molecule has 1 saturated carbocycles. The molecule has 0 spiro atoms. The number of carbonyl (C=O) groups excluding carboxylic acids is 1. The molecule has 1 aliphatic rings. The quantitative estimate of drug-likeness (QED) is 0.659. The summed E-state index contributed by atoms with van der Waals surface area (Å²) in [6.45, 7) is 0.585. The third kappa shape index (κ3) is 6.61. The van der Waals surface area contributed by atoms with E-state index in [-0.39, 0.29) is 24.4 Å². The van der Waals surface area contributed by atoms with Crippen molar-refractivity contribution in [2.75, 3.05) is 18.6 Å². The summed E-state index contributed by atoms with van der Waals surface area (Å²) in [6.07, 6.45) is 7.34. The summed E-state index contributed by atoms with van der Waals surface area (Å²) >= 11 is 1.83. The summed E-state index contributed by atoms with van der Waals surface area (Å²) in [5, 5.41) is 3.03. The zero-order valence-corrected chi connectivity index (χ0v) is 11.5. The minimum atomic E-state index is 0. The van der Waals surface area contributed by atoms with Gasteiger partial charge in [-0.3, -0.25) is 4.79 Å². The van der Waals surface area contributed by atoms with E-state index in [4.69, 9.17) is 5.73 Å². The molecule has 0 heterocycles. The Balaban J connectivity index is 0.00000225. The number of hydrogen-bond acceptors (Lipinski definition) is 3. The predicted octanol–water partition coefficient (Wildman–Crippen LogP) is 1.79. The van der Waals surface area contributed by atoms with Crippen LogP contribution in [0.5, 0.6) is 0 Å². The van der Waals surface area contributed by atoms with Gasteiger partial charge in [-0.25, -0.2) is 0 Å². The Kier molecular flexibility index (Phi) is 9.18. The van der Waals surface area contributed by atoms with Crippen LogP contribution in [-0.4, -0.2) is 30.5 Å². The lowest BCUT2D eigenvalue weighted by Crippen LogP contribution is -2.41. The fourth-order valence-corrected chi connectivity index (χ4v) is 2.17. The molecule has 0 aliphatic heterocycles. The number of unbranched alkanes of at least 4 members (excludes halogenated alkanes) is 1. The summed E-state index contributed by atoms with van der Waals surface area (Å²) in [7, 11) is 0. The Hall–Kier alpha value is 0.0700. The number of thioether (sulfide) groups is 1. The van der Waals surface area contributed by atoms with Gasteiger partial charge in [0.1, 0.15) is 0 Å². The number of rotatable bonds is 8. The van der Waals surface area contributed by atoms with Crippen molar-refractivity contribution in [3.05, 3.63) is 0 Å². The molecular weight excluding hydrogens is 244 g/mol. The SMILES string of the molecule is CSCCCCC(=O)NC(CN)C1CC1.Cl. The van der Waals surface area contributed by atoms with Crippen LogP contribution in [0.3, 0.4) is 0 Å². The molecule has 0 bridgehead atoms. The van der Waals surface area contributed by atoms with Crippen molar-refractivity contribution in [1.29, 1.82) is 0 Å². The van der Waals surface area contributed by atoms with E-state index in [1.54, 1.807) is 0 Å². The fourth-order valence-electron chi connectivity index (χ4n) is 1.68. The van der Waals surface area contributed by atoms with Crippen molar-refractivity contribution in [2.45, 2.75) is 38.1 Å². The van der Waals surface area contributed by atoms with Gasteiger partial charge in [-0.1, -0.05) is 0 Å². The number of nitrogens with one attached hydrogen (secondary N) is 1. The molecule has 1 atom stereocenters. The van der Waals surface area contributed by atoms with E-state index in [1.165, 1.54) is 12.8 Å². The highest BCUT2D eigenvalue weighted by Crippen LogP contribution is 2.32. The maximum Gasteiger partial charge on any atom is 0.220 e. The van der Waals surface area contributed by atoms with Crippen molar-refractivity contribution in [2.24, 2.45) is 11.7 Å².